The fraction of sp³-hybridized carbons (Fsp3) is 0.263. The summed E-state index contributed by atoms with van der Waals surface area (Å²) in [6, 6.07) is 11.7. The zero-order chi connectivity index (χ0) is 17.1. The van der Waals surface area contributed by atoms with Crippen LogP contribution in [-0.2, 0) is 6.54 Å². The van der Waals surface area contributed by atoms with Crippen molar-refractivity contribution in [3.63, 3.8) is 0 Å². The molecule has 3 heterocycles. The van der Waals surface area contributed by atoms with Crippen molar-refractivity contribution in [3.05, 3.63) is 63.8 Å². The Balaban J connectivity index is 1.33. The minimum atomic E-state index is 0.146. The van der Waals surface area contributed by atoms with Crippen LogP contribution in [0.4, 0.5) is 0 Å². The number of aromatic nitrogens is 1. The molecular formula is C19H20N3OS2+. The van der Waals surface area contributed by atoms with E-state index in [1.807, 2.05) is 35.2 Å². The second-order valence-corrected chi connectivity index (χ2v) is 7.88. The first kappa shape index (κ1) is 16.4. The third-order valence-electron chi connectivity index (χ3n) is 4.53. The van der Waals surface area contributed by atoms with Gasteiger partial charge in [0.15, 0.2) is 0 Å². The topological polar surface area (TPSA) is 37.6 Å². The molecule has 0 radical (unpaired) electrons. The van der Waals surface area contributed by atoms with Crippen molar-refractivity contribution >= 4 is 28.6 Å². The normalized spacial score (nSPS) is 15.4. The molecule has 1 aliphatic heterocycles. The van der Waals surface area contributed by atoms with Gasteiger partial charge >= 0.3 is 0 Å². The van der Waals surface area contributed by atoms with Gasteiger partial charge < -0.3 is 9.80 Å². The molecule has 0 bridgehead atoms. The summed E-state index contributed by atoms with van der Waals surface area (Å²) >= 11 is 3.42. The molecule has 4 nitrogen and oxygen atoms in total. The summed E-state index contributed by atoms with van der Waals surface area (Å²) in [5.74, 6) is 0.146. The molecule has 0 spiro atoms. The third-order valence-corrected chi connectivity index (χ3v) is 6.15. The Bertz CT molecular complexity index is 821. The SMILES string of the molecule is O=C(c1ccccc1)N1CC[NH+](Cc2csc(-c3ccsc3)n2)CC1. The van der Waals surface area contributed by atoms with Crippen LogP contribution in [0.1, 0.15) is 16.1 Å². The molecule has 1 aromatic carbocycles. The highest BCUT2D eigenvalue weighted by atomic mass is 32.1. The molecule has 6 heteroatoms. The summed E-state index contributed by atoms with van der Waals surface area (Å²) in [6.07, 6.45) is 0. The highest BCUT2D eigenvalue weighted by molar-refractivity contribution is 7.14. The zero-order valence-corrected chi connectivity index (χ0v) is 15.5. The van der Waals surface area contributed by atoms with E-state index in [1.54, 1.807) is 22.7 Å². The van der Waals surface area contributed by atoms with E-state index in [4.69, 9.17) is 4.98 Å². The van der Waals surface area contributed by atoms with Gasteiger partial charge in [-0.1, -0.05) is 18.2 Å². The molecule has 0 unspecified atom stereocenters. The number of piperazine rings is 1. The summed E-state index contributed by atoms with van der Waals surface area (Å²) in [7, 11) is 0. The molecule has 128 valence electrons. The molecule has 0 atom stereocenters. The highest BCUT2D eigenvalue weighted by Gasteiger charge is 2.25. The van der Waals surface area contributed by atoms with Gasteiger partial charge in [0.1, 0.15) is 17.2 Å². The van der Waals surface area contributed by atoms with Crippen LogP contribution in [0, 0.1) is 0 Å². The number of hydrogen-bond acceptors (Lipinski definition) is 4. The molecule has 25 heavy (non-hydrogen) atoms. The number of thiophene rings is 1. The monoisotopic (exact) mass is 370 g/mol. The first-order chi connectivity index (χ1) is 12.3. The van der Waals surface area contributed by atoms with Gasteiger partial charge in [-0.3, -0.25) is 4.79 Å². The Morgan fingerprint density at radius 1 is 1.12 bits per heavy atom. The van der Waals surface area contributed by atoms with Gasteiger partial charge in [-0.15, -0.1) is 11.3 Å². The lowest BCUT2D eigenvalue weighted by atomic mass is 10.2. The van der Waals surface area contributed by atoms with Gasteiger partial charge in [0, 0.05) is 21.9 Å². The first-order valence-corrected chi connectivity index (χ1v) is 10.3. The maximum absolute atomic E-state index is 12.5. The minimum Gasteiger partial charge on any atom is -0.327 e. The Kier molecular flexibility index (Phi) is 4.92. The second-order valence-electron chi connectivity index (χ2n) is 6.24. The Morgan fingerprint density at radius 3 is 2.64 bits per heavy atom. The van der Waals surface area contributed by atoms with E-state index in [9.17, 15) is 4.79 Å². The largest absolute Gasteiger partial charge is 0.327 e. The number of nitrogens with one attached hydrogen (secondary N) is 1. The maximum atomic E-state index is 12.5. The fourth-order valence-electron chi connectivity index (χ4n) is 3.13. The Labute approximate surface area is 155 Å². The lowest BCUT2D eigenvalue weighted by molar-refractivity contribution is -0.917. The van der Waals surface area contributed by atoms with E-state index in [1.165, 1.54) is 10.5 Å². The van der Waals surface area contributed by atoms with Crippen LogP contribution < -0.4 is 4.90 Å². The second kappa shape index (κ2) is 7.47. The number of amides is 1. The molecular weight excluding hydrogens is 350 g/mol. The number of carbonyl (C=O) groups is 1. The smallest absolute Gasteiger partial charge is 0.254 e. The molecule has 0 aliphatic carbocycles. The summed E-state index contributed by atoms with van der Waals surface area (Å²) in [5.41, 5.74) is 3.16. The Morgan fingerprint density at radius 2 is 1.92 bits per heavy atom. The third kappa shape index (κ3) is 3.81. The number of benzene rings is 1. The molecule has 4 rings (SSSR count). The van der Waals surface area contributed by atoms with Gasteiger partial charge in [-0.2, -0.15) is 11.3 Å². The van der Waals surface area contributed by atoms with Crippen molar-refractivity contribution < 1.29 is 9.69 Å². The number of rotatable bonds is 4. The molecule has 1 aliphatic rings. The number of hydrogen-bond donors (Lipinski definition) is 1. The fourth-order valence-corrected chi connectivity index (χ4v) is 4.66. The van der Waals surface area contributed by atoms with Crippen molar-refractivity contribution in [2.45, 2.75) is 6.54 Å². The van der Waals surface area contributed by atoms with Crippen molar-refractivity contribution in [1.82, 2.24) is 9.88 Å². The van der Waals surface area contributed by atoms with E-state index in [0.717, 1.165) is 49.0 Å². The lowest BCUT2D eigenvalue weighted by Gasteiger charge is -2.32. The summed E-state index contributed by atoms with van der Waals surface area (Å²) < 4.78 is 0. The van der Waals surface area contributed by atoms with Crippen molar-refractivity contribution in [3.8, 4) is 10.6 Å². The molecule has 2 aromatic heterocycles. The molecule has 1 saturated heterocycles. The van der Waals surface area contributed by atoms with Crippen molar-refractivity contribution in [1.29, 1.82) is 0 Å². The van der Waals surface area contributed by atoms with E-state index in [0.29, 0.717) is 0 Å². The summed E-state index contributed by atoms with van der Waals surface area (Å²) in [4.78, 5) is 20.7. The van der Waals surface area contributed by atoms with Crippen molar-refractivity contribution in [2.75, 3.05) is 26.2 Å². The van der Waals surface area contributed by atoms with Gasteiger partial charge in [-0.05, 0) is 23.6 Å². The number of carbonyl (C=O) groups excluding carboxylic acids is 1. The summed E-state index contributed by atoms with van der Waals surface area (Å²) in [5, 5.41) is 7.50. The number of quaternary nitrogens is 1. The van der Waals surface area contributed by atoms with E-state index < -0.39 is 0 Å². The Hall–Kier alpha value is -2.02. The van der Waals surface area contributed by atoms with Gasteiger partial charge in [0.05, 0.1) is 26.2 Å². The van der Waals surface area contributed by atoms with E-state index in [-0.39, 0.29) is 5.91 Å². The van der Waals surface area contributed by atoms with Crippen LogP contribution in [0.5, 0.6) is 0 Å². The molecule has 1 fully saturated rings. The van der Waals surface area contributed by atoms with Gasteiger partial charge in [-0.25, -0.2) is 4.98 Å². The number of thiazole rings is 1. The van der Waals surface area contributed by atoms with Crippen LogP contribution >= 0.6 is 22.7 Å². The van der Waals surface area contributed by atoms with Crippen LogP contribution in [0.3, 0.4) is 0 Å². The molecule has 1 amide bonds. The average Bonchev–Trinajstić information content (AvgIpc) is 3.34. The van der Waals surface area contributed by atoms with E-state index >= 15 is 0 Å². The molecule has 3 aromatic rings. The maximum Gasteiger partial charge on any atom is 0.254 e. The van der Waals surface area contributed by atoms with Gasteiger partial charge in [0.2, 0.25) is 0 Å². The minimum absolute atomic E-state index is 0.146. The predicted octanol–water partition coefficient (Wildman–Crippen LogP) is 2.41. The average molecular weight is 371 g/mol. The molecule has 1 N–H and O–H groups in total. The zero-order valence-electron chi connectivity index (χ0n) is 13.9. The summed E-state index contributed by atoms with van der Waals surface area (Å²) in [6.45, 7) is 4.51. The van der Waals surface area contributed by atoms with Crippen molar-refractivity contribution in [2.24, 2.45) is 0 Å². The standard InChI is InChI=1S/C19H19N3OS2/c23-19(15-4-2-1-3-5-15)22-9-7-21(8-10-22)12-17-14-25-18(20-17)16-6-11-24-13-16/h1-6,11,13-14H,7-10,12H2/p+1. The van der Waals surface area contributed by atoms with Gasteiger partial charge in [0.25, 0.3) is 5.91 Å². The molecule has 0 saturated carbocycles. The van der Waals surface area contributed by atoms with Crippen LogP contribution in [0.25, 0.3) is 10.6 Å². The lowest BCUT2D eigenvalue weighted by Crippen LogP contribution is -3.13. The van der Waals surface area contributed by atoms with Crippen LogP contribution in [0.2, 0.25) is 0 Å². The first-order valence-electron chi connectivity index (χ1n) is 8.44. The highest BCUT2D eigenvalue weighted by Crippen LogP contribution is 2.25. The van der Waals surface area contributed by atoms with Crippen LogP contribution in [-0.4, -0.2) is 42.0 Å². The predicted molar refractivity (Wildman–Crippen MR) is 102 cm³/mol. The number of nitrogens with zero attached hydrogens (tertiary/aromatic N) is 2. The van der Waals surface area contributed by atoms with E-state index in [2.05, 4.69) is 22.2 Å². The van der Waals surface area contributed by atoms with Crippen LogP contribution in [0.15, 0.2) is 52.5 Å². The quantitative estimate of drug-likeness (QED) is 0.766.